The maximum Gasteiger partial charge on any atom is 0.271 e. The molecule has 0 spiro atoms. The third kappa shape index (κ3) is 4.91. The van der Waals surface area contributed by atoms with Crippen LogP contribution in [0, 0.1) is 5.82 Å². The second kappa shape index (κ2) is 9.63. The van der Waals surface area contributed by atoms with Crippen LogP contribution in [0.25, 0.3) is 16.9 Å². The van der Waals surface area contributed by atoms with Gasteiger partial charge in [-0.25, -0.2) is 9.07 Å². The van der Waals surface area contributed by atoms with Gasteiger partial charge in [0.05, 0.1) is 11.4 Å². The van der Waals surface area contributed by atoms with E-state index in [-0.39, 0.29) is 11.7 Å². The van der Waals surface area contributed by atoms with Gasteiger partial charge < -0.3 is 10.2 Å². The van der Waals surface area contributed by atoms with Crippen LogP contribution in [-0.2, 0) is 0 Å². The Morgan fingerprint density at radius 1 is 1.07 bits per heavy atom. The molecule has 3 heterocycles. The van der Waals surface area contributed by atoms with Crippen molar-refractivity contribution in [1.29, 1.82) is 0 Å². The fraction of sp³-hybridized carbons (Fsp3) is 0.348. The van der Waals surface area contributed by atoms with Gasteiger partial charge in [-0.15, -0.1) is 0 Å². The summed E-state index contributed by atoms with van der Waals surface area (Å²) in [6.45, 7) is 3.63. The molecule has 6 nitrogen and oxygen atoms in total. The van der Waals surface area contributed by atoms with Gasteiger partial charge in [-0.2, -0.15) is 5.10 Å². The number of hydrogen-bond acceptors (Lipinski definition) is 4. The Morgan fingerprint density at radius 2 is 1.83 bits per heavy atom. The monoisotopic (exact) mass is 407 g/mol. The summed E-state index contributed by atoms with van der Waals surface area (Å²) in [6.07, 6.45) is 8.45. The van der Waals surface area contributed by atoms with Crippen LogP contribution >= 0.6 is 0 Å². The van der Waals surface area contributed by atoms with E-state index in [4.69, 9.17) is 0 Å². The highest BCUT2D eigenvalue weighted by Gasteiger charge is 2.17. The summed E-state index contributed by atoms with van der Waals surface area (Å²) < 4.78 is 15.0. The molecule has 1 aromatic carbocycles. The first-order valence-electron chi connectivity index (χ1n) is 10.5. The number of amides is 1. The fourth-order valence-electron chi connectivity index (χ4n) is 3.77. The molecule has 1 saturated heterocycles. The Labute approximate surface area is 175 Å². The maximum absolute atomic E-state index is 13.4. The van der Waals surface area contributed by atoms with Gasteiger partial charge >= 0.3 is 0 Å². The molecule has 1 fully saturated rings. The van der Waals surface area contributed by atoms with Crippen LogP contribution in [-0.4, -0.2) is 51.8 Å². The molecule has 0 saturated carbocycles. The van der Waals surface area contributed by atoms with Crippen molar-refractivity contribution < 1.29 is 9.18 Å². The van der Waals surface area contributed by atoms with E-state index >= 15 is 0 Å². The summed E-state index contributed by atoms with van der Waals surface area (Å²) >= 11 is 0. The molecule has 156 valence electrons. The molecule has 0 bridgehead atoms. The van der Waals surface area contributed by atoms with E-state index in [0.717, 1.165) is 30.9 Å². The van der Waals surface area contributed by atoms with Crippen LogP contribution in [0.1, 0.15) is 36.2 Å². The Morgan fingerprint density at radius 3 is 2.53 bits per heavy atom. The fourth-order valence-corrected chi connectivity index (χ4v) is 3.77. The zero-order valence-electron chi connectivity index (χ0n) is 16.9. The number of halogens is 1. The molecule has 0 unspecified atom stereocenters. The molecule has 3 aromatic rings. The zero-order chi connectivity index (χ0) is 20.8. The van der Waals surface area contributed by atoms with Gasteiger partial charge in [-0.3, -0.25) is 9.78 Å². The lowest BCUT2D eigenvalue weighted by molar-refractivity contribution is 0.0943. The molecule has 4 rings (SSSR count). The van der Waals surface area contributed by atoms with E-state index in [2.05, 4.69) is 20.3 Å². The number of rotatable bonds is 6. The third-order valence-electron chi connectivity index (χ3n) is 5.38. The number of carbonyl (C=O) groups excluding carboxylic acids is 1. The predicted molar refractivity (Wildman–Crippen MR) is 114 cm³/mol. The van der Waals surface area contributed by atoms with E-state index in [0.29, 0.717) is 17.9 Å². The molecule has 0 aliphatic carbocycles. The number of nitrogens with one attached hydrogen (secondary N) is 1. The lowest BCUT2D eigenvalue weighted by Crippen LogP contribution is -2.35. The standard InChI is InChI=1S/C23H26FN5O/c24-19-7-9-20(10-8-19)29-22(18-6-5-11-25-17-18)16-21(27-29)23(30)26-12-15-28-13-3-1-2-4-14-28/h5-11,16-17H,1-4,12-15H2,(H,26,30). The van der Waals surface area contributed by atoms with Crippen LogP contribution in [0.5, 0.6) is 0 Å². The minimum Gasteiger partial charge on any atom is -0.349 e. The number of carbonyl (C=O) groups is 1. The lowest BCUT2D eigenvalue weighted by atomic mass is 10.2. The minimum atomic E-state index is -0.319. The quantitative estimate of drug-likeness (QED) is 0.677. The van der Waals surface area contributed by atoms with Crippen molar-refractivity contribution in [3.05, 3.63) is 66.4 Å². The molecular weight excluding hydrogens is 381 g/mol. The van der Waals surface area contributed by atoms with Gasteiger partial charge in [0.25, 0.3) is 5.91 Å². The molecule has 1 aliphatic heterocycles. The average molecular weight is 407 g/mol. The van der Waals surface area contributed by atoms with Crippen molar-refractivity contribution in [2.45, 2.75) is 25.7 Å². The highest BCUT2D eigenvalue weighted by atomic mass is 19.1. The second-order valence-corrected chi connectivity index (χ2v) is 7.56. The van der Waals surface area contributed by atoms with Gasteiger partial charge in [-0.05, 0) is 68.4 Å². The SMILES string of the molecule is O=C(NCCN1CCCCCC1)c1cc(-c2cccnc2)n(-c2ccc(F)cc2)n1. The Kier molecular flexibility index (Phi) is 6.49. The van der Waals surface area contributed by atoms with E-state index in [1.807, 2.05) is 12.1 Å². The minimum absolute atomic E-state index is 0.212. The van der Waals surface area contributed by atoms with Gasteiger partial charge in [0.2, 0.25) is 0 Å². The lowest BCUT2D eigenvalue weighted by Gasteiger charge is -2.19. The topological polar surface area (TPSA) is 63.1 Å². The summed E-state index contributed by atoms with van der Waals surface area (Å²) in [5.41, 5.74) is 2.57. The van der Waals surface area contributed by atoms with Crippen molar-refractivity contribution in [3.8, 4) is 16.9 Å². The number of likely N-dealkylation sites (tertiary alicyclic amines) is 1. The molecule has 2 aromatic heterocycles. The highest BCUT2D eigenvalue weighted by Crippen LogP contribution is 2.23. The third-order valence-corrected chi connectivity index (χ3v) is 5.38. The Balaban J connectivity index is 1.51. The molecular formula is C23H26FN5O. The number of benzene rings is 1. The number of nitrogens with zero attached hydrogens (tertiary/aromatic N) is 4. The van der Waals surface area contributed by atoms with Crippen molar-refractivity contribution in [3.63, 3.8) is 0 Å². The summed E-state index contributed by atoms with van der Waals surface area (Å²) in [6, 6.07) is 11.5. The first-order valence-corrected chi connectivity index (χ1v) is 10.5. The van der Waals surface area contributed by atoms with Crippen LogP contribution in [0.15, 0.2) is 54.9 Å². The van der Waals surface area contributed by atoms with Crippen molar-refractivity contribution in [2.75, 3.05) is 26.2 Å². The first-order chi connectivity index (χ1) is 14.7. The molecule has 1 aliphatic rings. The van der Waals surface area contributed by atoms with Crippen LogP contribution < -0.4 is 5.32 Å². The van der Waals surface area contributed by atoms with Gasteiger partial charge in [0.1, 0.15) is 5.82 Å². The Bertz CT molecular complexity index is 963. The van der Waals surface area contributed by atoms with Crippen molar-refractivity contribution in [1.82, 2.24) is 25.0 Å². The van der Waals surface area contributed by atoms with Gasteiger partial charge in [0.15, 0.2) is 5.69 Å². The number of hydrogen-bond donors (Lipinski definition) is 1. The highest BCUT2D eigenvalue weighted by molar-refractivity contribution is 5.93. The molecule has 30 heavy (non-hydrogen) atoms. The van der Waals surface area contributed by atoms with Crippen LogP contribution in [0.2, 0.25) is 0 Å². The smallest absolute Gasteiger partial charge is 0.271 e. The number of aromatic nitrogens is 3. The van der Waals surface area contributed by atoms with E-state index < -0.39 is 0 Å². The largest absolute Gasteiger partial charge is 0.349 e. The normalized spacial score (nSPS) is 15.0. The predicted octanol–water partition coefficient (Wildman–Crippen LogP) is 3.68. The summed E-state index contributed by atoms with van der Waals surface area (Å²) in [5.74, 6) is -0.531. The van der Waals surface area contributed by atoms with E-state index in [9.17, 15) is 9.18 Å². The molecule has 7 heteroatoms. The average Bonchev–Trinajstić information content (AvgIpc) is 3.06. The first kappa shape index (κ1) is 20.2. The molecule has 0 radical (unpaired) electrons. The zero-order valence-corrected chi connectivity index (χ0v) is 16.9. The second-order valence-electron chi connectivity index (χ2n) is 7.56. The van der Waals surface area contributed by atoms with Gasteiger partial charge in [-0.1, -0.05) is 12.8 Å². The van der Waals surface area contributed by atoms with E-state index in [1.165, 1.54) is 37.8 Å². The molecule has 0 atom stereocenters. The summed E-state index contributed by atoms with van der Waals surface area (Å²) in [5, 5.41) is 7.49. The summed E-state index contributed by atoms with van der Waals surface area (Å²) in [7, 11) is 0. The Hall–Kier alpha value is -3.06. The molecule has 1 amide bonds. The summed E-state index contributed by atoms with van der Waals surface area (Å²) in [4.78, 5) is 19.3. The number of pyridine rings is 1. The van der Waals surface area contributed by atoms with Gasteiger partial charge in [0, 0.05) is 31.0 Å². The maximum atomic E-state index is 13.4. The van der Waals surface area contributed by atoms with Crippen molar-refractivity contribution in [2.24, 2.45) is 0 Å². The molecule has 1 N–H and O–H groups in total. The van der Waals surface area contributed by atoms with E-state index in [1.54, 1.807) is 35.3 Å². The van der Waals surface area contributed by atoms with Crippen molar-refractivity contribution >= 4 is 5.91 Å². The van der Waals surface area contributed by atoms with Crippen LogP contribution in [0.4, 0.5) is 4.39 Å². The van der Waals surface area contributed by atoms with Crippen LogP contribution in [0.3, 0.4) is 0 Å².